The zero-order valence-electron chi connectivity index (χ0n) is 28.5. The van der Waals surface area contributed by atoms with Gasteiger partial charge in [-0.15, -0.1) is 0 Å². The topological polar surface area (TPSA) is 36.0 Å². The Labute approximate surface area is 260 Å². The van der Waals surface area contributed by atoms with Crippen molar-refractivity contribution in [2.24, 2.45) is 0 Å². The Morgan fingerprint density at radius 3 is 2.38 bits per heavy atom. The van der Waals surface area contributed by atoms with Crippen LogP contribution in [-0.2, 0) is 11.2 Å². The number of allylic oxidation sites excluding steroid dienone is 2. The minimum Gasteiger partial charge on any atom is -0.381 e. The third kappa shape index (κ3) is 16.6. The number of ether oxygens (including phenoxy) is 1. The largest absolute Gasteiger partial charge is 0.381 e. The van der Waals surface area contributed by atoms with E-state index in [1.165, 1.54) is 68.3 Å². The summed E-state index contributed by atoms with van der Waals surface area (Å²) in [4.78, 5) is 19.4. The summed E-state index contributed by atoms with van der Waals surface area (Å²) in [5.41, 5.74) is 4.74. The first-order valence-electron chi connectivity index (χ1n) is 17.0. The van der Waals surface area contributed by atoms with Crippen molar-refractivity contribution in [1.29, 1.82) is 0 Å². The van der Waals surface area contributed by atoms with Gasteiger partial charge >= 0.3 is 0 Å². The predicted molar refractivity (Wildman–Crippen MR) is 184 cm³/mol. The number of hydrogen-bond donors (Lipinski definition) is 0. The molecular formula is C37H65N3O2. The van der Waals surface area contributed by atoms with Crippen LogP contribution in [0, 0.1) is 0 Å². The lowest BCUT2D eigenvalue weighted by Crippen LogP contribution is -2.40. The zero-order valence-corrected chi connectivity index (χ0v) is 28.5. The van der Waals surface area contributed by atoms with E-state index in [0.29, 0.717) is 6.10 Å². The molecule has 0 spiro atoms. The SMILES string of the molecule is C/C=C\CCN(CCN(CC=C(C)C)CCN1CCCC(OC)CC1)c1cc(C=O)ccc1CCCC.CCCCC. The molecule has 0 N–H and O–H groups in total. The molecule has 2 rings (SSSR count). The minimum absolute atomic E-state index is 0.418. The second kappa shape index (κ2) is 24.5. The highest BCUT2D eigenvalue weighted by molar-refractivity contribution is 5.78. The van der Waals surface area contributed by atoms with Gasteiger partial charge in [0, 0.05) is 64.2 Å². The predicted octanol–water partition coefficient (Wildman–Crippen LogP) is 8.58. The van der Waals surface area contributed by atoms with Crippen LogP contribution in [0.15, 0.2) is 42.0 Å². The Morgan fingerprint density at radius 1 is 1.00 bits per heavy atom. The molecule has 1 aromatic carbocycles. The summed E-state index contributed by atoms with van der Waals surface area (Å²) in [6, 6.07) is 6.25. The van der Waals surface area contributed by atoms with Gasteiger partial charge in [-0.2, -0.15) is 0 Å². The summed E-state index contributed by atoms with van der Waals surface area (Å²) >= 11 is 0. The van der Waals surface area contributed by atoms with E-state index < -0.39 is 0 Å². The van der Waals surface area contributed by atoms with Crippen LogP contribution in [0.4, 0.5) is 5.69 Å². The summed E-state index contributed by atoms with van der Waals surface area (Å²) in [5, 5.41) is 0. The molecule has 0 aliphatic carbocycles. The van der Waals surface area contributed by atoms with Crippen LogP contribution >= 0.6 is 0 Å². The summed E-state index contributed by atoms with van der Waals surface area (Å²) in [5.74, 6) is 0. The molecule has 1 saturated heterocycles. The Kier molecular flexibility index (Phi) is 22.2. The smallest absolute Gasteiger partial charge is 0.150 e. The number of aryl methyl sites for hydroxylation is 1. The molecule has 1 atom stereocenters. The molecule has 1 aromatic rings. The van der Waals surface area contributed by atoms with E-state index in [9.17, 15) is 4.79 Å². The third-order valence-corrected chi connectivity index (χ3v) is 8.17. The first-order valence-corrected chi connectivity index (χ1v) is 17.0. The fourth-order valence-corrected chi connectivity index (χ4v) is 5.37. The molecule has 1 heterocycles. The summed E-state index contributed by atoms with van der Waals surface area (Å²) in [6.45, 7) is 21.5. The lowest BCUT2D eigenvalue weighted by atomic mass is 10.0. The number of likely N-dealkylation sites (tertiary alicyclic amines) is 1. The van der Waals surface area contributed by atoms with E-state index in [2.05, 4.69) is 86.6 Å². The highest BCUT2D eigenvalue weighted by Crippen LogP contribution is 2.25. The van der Waals surface area contributed by atoms with Gasteiger partial charge in [-0.05, 0) is 77.5 Å². The quantitative estimate of drug-likeness (QED) is 0.120. The molecule has 1 aliphatic rings. The number of aldehydes is 1. The van der Waals surface area contributed by atoms with E-state index in [1.807, 2.05) is 13.2 Å². The summed E-state index contributed by atoms with van der Waals surface area (Å²) in [7, 11) is 1.85. The van der Waals surface area contributed by atoms with Crippen molar-refractivity contribution in [2.75, 3.05) is 64.4 Å². The summed E-state index contributed by atoms with van der Waals surface area (Å²) < 4.78 is 5.63. The van der Waals surface area contributed by atoms with Gasteiger partial charge in [0.05, 0.1) is 6.10 Å². The number of methoxy groups -OCH3 is 1. The van der Waals surface area contributed by atoms with E-state index in [4.69, 9.17) is 4.74 Å². The molecule has 1 unspecified atom stereocenters. The van der Waals surface area contributed by atoms with E-state index in [-0.39, 0.29) is 0 Å². The van der Waals surface area contributed by atoms with Gasteiger partial charge in [0.15, 0.2) is 0 Å². The van der Waals surface area contributed by atoms with Gasteiger partial charge in [0.2, 0.25) is 0 Å². The van der Waals surface area contributed by atoms with Crippen molar-refractivity contribution in [3.8, 4) is 0 Å². The third-order valence-electron chi connectivity index (χ3n) is 8.17. The first-order chi connectivity index (χ1) is 20.4. The van der Waals surface area contributed by atoms with Gasteiger partial charge in [0.1, 0.15) is 6.29 Å². The molecule has 42 heavy (non-hydrogen) atoms. The number of hydrogen-bond acceptors (Lipinski definition) is 5. The number of unbranched alkanes of at least 4 members (excludes halogenated alkanes) is 3. The Hall–Kier alpha value is -1.95. The normalized spacial score (nSPS) is 15.8. The van der Waals surface area contributed by atoms with Crippen molar-refractivity contribution < 1.29 is 9.53 Å². The van der Waals surface area contributed by atoms with E-state index in [1.54, 1.807) is 0 Å². The maximum atomic E-state index is 11.6. The molecule has 0 bridgehead atoms. The van der Waals surface area contributed by atoms with Crippen LogP contribution in [0.2, 0.25) is 0 Å². The molecule has 5 heteroatoms. The second-order valence-electron chi connectivity index (χ2n) is 12.0. The van der Waals surface area contributed by atoms with Crippen LogP contribution in [0.25, 0.3) is 0 Å². The van der Waals surface area contributed by atoms with Crippen molar-refractivity contribution in [1.82, 2.24) is 9.80 Å². The number of nitrogens with zero attached hydrogens (tertiary/aromatic N) is 3. The number of anilines is 1. The van der Waals surface area contributed by atoms with Crippen LogP contribution in [-0.4, -0.2) is 81.7 Å². The molecule has 0 saturated carbocycles. The van der Waals surface area contributed by atoms with Gasteiger partial charge in [-0.25, -0.2) is 0 Å². The van der Waals surface area contributed by atoms with Crippen molar-refractivity contribution in [3.63, 3.8) is 0 Å². The number of rotatable bonds is 19. The fourth-order valence-electron chi connectivity index (χ4n) is 5.37. The number of carbonyl (C=O) groups excluding carboxylic acids is 1. The maximum absolute atomic E-state index is 11.6. The second-order valence-corrected chi connectivity index (χ2v) is 12.0. The van der Waals surface area contributed by atoms with Crippen LogP contribution in [0.5, 0.6) is 0 Å². The van der Waals surface area contributed by atoms with E-state index >= 15 is 0 Å². The Morgan fingerprint density at radius 2 is 1.76 bits per heavy atom. The highest BCUT2D eigenvalue weighted by atomic mass is 16.5. The van der Waals surface area contributed by atoms with Gasteiger partial charge in [-0.3, -0.25) is 9.69 Å². The monoisotopic (exact) mass is 584 g/mol. The molecule has 1 aliphatic heterocycles. The minimum atomic E-state index is 0.418. The molecular weight excluding hydrogens is 518 g/mol. The molecule has 0 amide bonds. The first kappa shape index (κ1) is 38.1. The van der Waals surface area contributed by atoms with Crippen LogP contribution in [0.3, 0.4) is 0 Å². The molecule has 0 radical (unpaired) electrons. The average Bonchev–Trinajstić information content (AvgIpc) is 3.24. The lowest BCUT2D eigenvalue weighted by molar-refractivity contribution is 0.0893. The fraction of sp³-hybridized carbons (Fsp3) is 0.703. The van der Waals surface area contributed by atoms with Crippen molar-refractivity contribution in [2.45, 2.75) is 112 Å². The standard InChI is InChI=1S/C32H53N3O2.C5H12/c1-6-8-10-19-35(32-26-29(27-36)14-15-30(32)12-9-7-2)25-24-34(20-16-28(3)4)23-22-33-18-11-13-31(37-5)17-21-33;1-3-5-4-2/h6,8,14-16,26-27,31H,7,9-13,17-25H2,1-5H3;3-5H2,1-2H3/b8-6-;. The molecule has 240 valence electrons. The number of carbonyl (C=O) groups is 1. The van der Waals surface area contributed by atoms with Gasteiger partial charge in [0.25, 0.3) is 0 Å². The van der Waals surface area contributed by atoms with Crippen molar-refractivity contribution >= 4 is 12.0 Å². The molecule has 5 nitrogen and oxygen atoms in total. The summed E-state index contributed by atoms with van der Waals surface area (Å²) in [6.07, 6.45) is 20.2. The Balaban J connectivity index is 0.00000162. The molecule has 1 fully saturated rings. The average molecular weight is 584 g/mol. The van der Waals surface area contributed by atoms with Gasteiger partial charge in [-0.1, -0.05) is 82.4 Å². The van der Waals surface area contributed by atoms with Crippen LogP contribution in [0.1, 0.15) is 115 Å². The van der Waals surface area contributed by atoms with Crippen LogP contribution < -0.4 is 4.90 Å². The van der Waals surface area contributed by atoms with Gasteiger partial charge < -0.3 is 14.5 Å². The van der Waals surface area contributed by atoms with Crippen molar-refractivity contribution in [3.05, 3.63) is 53.1 Å². The number of benzene rings is 1. The maximum Gasteiger partial charge on any atom is 0.150 e. The van der Waals surface area contributed by atoms with E-state index in [0.717, 1.165) is 76.9 Å². The Bertz CT molecular complexity index is 876. The lowest BCUT2D eigenvalue weighted by Gasteiger charge is -2.31. The molecule has 0 aromatic heterocycles. The zero-order chi connectivity index (χ0) is 31.0. The highest BCUT2D eigenvalue weighted by Gasteiger charge is 2.18.